The SMILES string of the molecule is CC1CN(Cc2c(Cl)cnn2C)CCN1.Cl. The van der Waals surface area contributed by atoms with E-state index in [9.17, 15) is 0 Å². The maximum atomic E-state index is 6.08. The van der Waals surface area contributed by atoms with Crippen molar-refractivity contribution in [2.24, 2.45) is 7.05 Å². The first-order chi connectivity index (χ1) is 7.16. The van der Waals surface area contributed by atoms with Crippen LogP contribution in [0.5, 0.6) is 0 Å². The van der Waals surface area contributed by atoms with Crippen LogP contribution in [0.3, 0.4) is 0 Å². The molecule has 1 aromatic heterocycles. The van der Waals surface area contributed by atoms with E-state index in [1.54, 1.807) is 6.20 Å². The van der Waals surface area contributed by atoms with Crippen LogP contribution in [0.4, 0.5) is 0 Å². The molecular formula is C10H18Cl2N4. The molecule has 0 spiro atoms. The Morgan fingerprint density at radius 1 is 1.62 bits per heavy atom. The fourth-order valence-corrected chi connectivity index (χ4v) is 2.21. The summed E-state index contributed by atoms with van der Waals surface area (Å²) in [5.41, 5.74) is 1.10. The van der Waals surface area contributed by atoms with Gasteiger partial charge in [0.05, 0.1) is 16.9 Å². The zero-order chi connectivity index (χ0) is 10.8. The van der Waals surface area contributed by atoms with E-state index in [-0.39, 0.29) is 12.4 Å². The zero-order valence-electron chi connectivity index (χ0n) is 9.61. The summed E-state index contributed by atoms with van der Waals surface area (Å²) in [6.45, 7) is 6.29. The van der Waals surface area contributed by atoms with Gasteiger partial charge in [-0.15, -0.1) is 12.4 Å². The molecule has 6 heteroatoms. The summed E-state index contributed by atoms with van der Waals surface area (Å²) >= 11 is 6.08. The van der Waals surface area contributed by atoms with Crippen molar-refractivity contribution < 1.29 is 0 Å². The molecule has 1 aliphatic heterocycles. The van der Waals surface area contributed by atoms with Gasteiger partial charge in [0.2, 0.25) is 0 Å². The highest BCUT2D eigenvalue weighted by molar-refractivity contribution is 6.31. The number of aryl methyl sites for hydroxylation is 1. The van der Waals surface area contributed by atoms with Crippen LogP contribution in [-0.2, 0) is 13.6 Å². The van der Waals surface area contributed by atoms with Crippen LogP contribution in [-0.4, -0.2) is 40.4 Å². The Labute approximate surface area is 107 Å². The Hall–Kier alpha value is -0.290. The Bertz CT molecular complexity index is 320. The molecule has 1 unspecified atom stereocenters. The van der Waals surface area contributed by atoms with Crippen LogP contribution in [0.2, 0.25) is 5.02 Å². The fraction of sp³-hybridized carbons (Fsp3) is 0.700. The molecule has 16 heavy (non-hydrogen) atoms. The molecule has 2 rings (SSSR count). The molecule has 1 saturated heterocycles. The second-order valence-corrected chi connectivity index (χ2v) is 4.56. The lowest BCUT2D eigenvalue weighted by Crippen LogP contribution is -2.48. The Balaban J connectivity index is 0.00000128. The molecule has 0 amide bonds. The van der Waals surface area contributed by atoms with Gasteiger partial charge in [-0.2, -0.15) is 5.10 Å². The maximum absolute atomic E-state index is 6.08. The first kappa shape index (κ1) is 13.8. The van der Waals surface area contributed by atoms with Crippen molar-refractivity contribution in [1.29, 1.82) is 0 Å². The molecule has 92 valence electrons. The number of nitrogens with zero attached hydrogens (tertiary/aromatic N) is 3. The standard InChI is InChI=1S/C10H17ClN4.ClH/c1-8-6-15(4-3-12-8)7-10-9(11)5-13-14(10)2;/h5,8,12H,3-4,6-7H2,1-2H3;1H. The first-order valence-corrected chi connectivity index (χ1v) is 5.66. The van der Waals surface area contributed by atoms with Gasteiger partial charge < -0.3 is 5.32 Å². The lowest BCUT2D eigenvalue weighted by Gasteiger charge is -2.31. The molecule has 0 bridgehead atoms. The van der Waals surface area contributed by atoms with Crippen LogP contribution in [0.15, 0.2) is 6.20 Å². The normalized spacial score (nSPS) is 21.8. The summed E-state index contributed by atoms with van der Waals surface area (Å²) in [6, 6.07) is 0.561. The number of nitrogens with one attached hydrogen (secondary N) is 1. The van der Waals surface area contributed by atoms with Crippen LogP contribution < -0.4 is 5.32 Å². The van der Waals surface area contributed by atoms with Gasteiger partial charge >= 0.3 is 0 Å². The number of piperazine rings is 1. The molecule has 1 aliphatic rings. The monoisotopic (exact) mass is 264 g/mol. The summed E-state index contributed by atoms with van der Waals surface area (Å²) < 4.78 is 1.86. The number of halogens is 2. The molecule has 0 aliphatic carbocycles. The number of rotatable bonds is 2. The van der Waals surface area contributed by atoms with Crippen LogP contribution in [0, 0.1) is 0 Å². The van der Waals surface area contributed by atoms with E-state index in [0.29, 0.717) is 6.04 Å². The fourth-order valence-electron chi connectivity index (χ4n) is 1.98. The summed E-state index contributed by atoms with van der Waals surface area (Å²) in [7, 11) is 1.94. The highest BCUT2D eigenvalue weighted by atomic mass is 35.5. The van der Waals surface area contributed by atoms with Crippen molar-refractivity contribution in [3.8, 4) is 0 Å². The molecule has 1 N–H and O–H groups in total. The average Bonchev–Trinajstić information content (AvgIpc) is 2.50. The molecule has 2 heterocycles. The number of hydrogen-bond donors (Lipinski definition) is 1. The van der Waals surface area contributed by atoms with Gasteiger partial charge in [0.25, 0.3) is 0 Å². The van der Waals surface area contributed by atoms with Crippen molar-refractivity contribution in [3.05, 3.63) is 16.9 Å². The van der Waals surface area contributed by atoms with E-state index in [1.165, 1.54) is 0 Å². The van der Waals surface area contributed by atoms with E-state index in [4.69, 9.17) is 11.6 Å². The molecule has 0 saturated carbocycles. The minimum Gasteiger partial charge on any atom is -0.312 e. The van der Waals surface area contributed by atoms with Crippen LogP contribution in [0.25, 0.3) is 0 Å². The first-order valence-electron chi connectivity index (χ1n) is 5.29. The van der Waals surface area contributed by atoms with E-state index >= 15 is 0 Å². The largest absolute Gasteiger partial charge is 0.312 e. The molecule has 4 nitrogen and oxygen atoms in total. The highest BCUT2D eigenvalue weighted by Gasteiger charge is 2.18. The quantitative estimate of drug-likeness (QED) is 0.874. The van der Waals surface area contributed by atoms with E-state index in [1.807, 2.05) is 11.7 Å². The third kappa shape index (κ3) is 3.10. The van der Waals surface area contributed by atoms with Crippen molar-refractivity contribution in [2.45, 2.75) is 19.5 Å². The molecule has 1 fully saturated rings. The third-order valence-electron chi connectivity index (χ3n) is 2.84. The van der Waals surface area contributed by atoms with E-state index in [2.05, 4.69) is 22.2 Å². The lowest BCUT2D eigenvalue weighted by molar-refractivity contribution is 0.195. The molecule has 1 atom stereocenters. The summed E-state index contributed by atoms with van der Waals surface area (Å²) in [5, 5.41) is 8.33. The van der Waals surface area contributed by atoms with Gasteiger partial charge in [0.1, 0.15) is 0 Å². The Morgan fingerprint density at radius 2 is 2.38 bits per heavy atom. The van der Waals surface area contributed by atoms with Gasteiger partial charge in [-0.25, -0.2) is 0 Å². The maximum Gasteiger partial charge on any atom is 0.0831 e. The Kier molecular flexibility index (Phi) is 5.05. The van der Waals surface area contributed by atoms with Gasteiger partial charge in [-0.1, -0.05) is 11.6 Å². The number of aromatic nitrogens is 2. The van der Waals surface area contributed by atoms with Crippen LogP contribution in [0.1, 0.15) is 12.6 Å². The van der Waals surface area contributed by atoms with Crippen molar-refractivity contribution in [2.75, 3.05) is 19.6 Å². The smallest absolute Gasteiger partial charge is 0.0831 e. The summed E-state index contributed by atoms with van der Waals surface area (Å²) in [4.78, 5) is 2.41. The van der Waals surface area contributed by atoms with Crippen molar-refractivity contribution in [3.63, 3.8) is 0 Å². The second kappa shape index (κ2) is 5.87. The third-order valence-corrected chi connectivity index (χ3v) is 3.15. The van der Waals surface area contributed by atoms with Gasteiger partial charge in [0, 0.05) is 39.3 Å². The number of hydrogen-bond acceptors (Lipinski definition) is 3. The minimum atomic E-state index is 0. The van der Waals surface area contributed by atoms with Gasteiger partial charge in [-0.3, -0.25) is 9.58 Å². The van der Waals surface area contributed by atoms with Gasteiger partial charge in [-0.05, 0) is 6.92 Å². The molecule has 0 radical (unpaired) electrons. The van der Waals surface area contributed by atoms with E-state index < -0.39 is 0 Å². The molecule has 0 aromatic carbocycles. The highest BCUT2D eigenvalue weighted by Crippen LogP contribution is 2.16. The van der Waals surface area contributed by atoms with Crippen LogP contribution >= 0.6 is 24.0 Å². The second-order valence-electron chi connectivity index (χ2n) is 4.15. The van der Waals surface area contributed by atoms with E-state index in [0.717, 1.165) is 36.9 Å². The van der Waals surface area contributed by atoms with Gasteiger partial charge in [0.15, 0.2) is 0 Å². The molecular weight excluding hydrogens is 247 g/mol. The zero-order valence-corrected chi connectivity index (χ0v) is 11.2. The predicted molar refractivity (Wildman–Crippen MR) is 68.2 cm³/mol. The summed E-state index contributed by atoms with van der Waals surface area (Å²) in [6.07, 6.45) is 1.71. The lowest BCUT2D eigenvalue weighted by atomic mass is 10.2. The van der Waals surface area contributed by atoms with Crippen molar-refractivity contribution >= 4 is 24.0 Å². The summed E-state index contributed by atoms with van der Waals surface area (Å²) in [5.74, 6) is 0. The Morgan fingerprint density at radius 3 is 2.94 bits per heavy atom. The minimum absolute atomic E-state index is 0. The average molecular weight is 265 g/mol. The predicted octanol–water partition coefficient (Wildman–Crippen LogP) is 1.29. The topological polar surface area (TPSA) is 33.1 Å². The van der Waals surface area contributed by atoms with Crippen molar-refractivity contribution in [1.82, 2.24) is 20.0 Å². The molecule has 1 aromatic rings.